The molecule has 3 aromatic carbocycles. The summed E-state index contributed by atoms with van der Waals surface area (Å²) in [6.45, 7) is 3.43. The highest BCUT2D eigenvalue weighted by molar-refractivity contribution is 5.64. The summed E-state index contributed by atoms with van der Waals surface area (Å²) in [5, 5.41) is 3.65. The van der Waals surface area contributed by atoms with Gasteiger partial charge in [-0.1, -0.05) is 97.9 Å². The van der Waals surface area contributed by atoms with Crippen LogP contribution in [-0.2, 0) is 13.2 Å². The fraction of sp³-hybridized carbons (Fsp3) is 0.138. The van der Waals surface area contributed by atoms with Crippen LogP contribution in [0.4, 0.5) is 5.82 Å². The first kappa shape index (κ1) is 20.8. The van der Waals surface area contributed by atoms with Gasteiger partial charge in [0.2, 0.25) is 0 Å². The Bertz CT molecular complexity index is 1310. The first-order valence-corrected chi connectivity index (χ1v) is 11.3. The minimum Gasteiger partial charge on any atom is -0.485 e. The summed E-state index contributed by atoms with van der Waals surface area (Å²) in [7, 11) is 0. The number of hydrogen-bond donors (Lipinski definition) is 1. The number of benzene rings is 3. The maximum absolute atomic E-state index is 6.21. The van der Waals surface area contributed by atoms with E-state index < -0.39 is 0 Å². The maximum atomic E-state index is 6.21. The summed E-state index contributed by atoms with van der Waals surface area (Å²) in [4.78, 5) is 5.09. The Balaban J connectivity index is 1.52. The van der Waals surface area contributed by atoms with Crippen molar-refractivity contribution < 1.29 is 4.74 Å². The Morgan fingerprint density at radius 1 is 0.788 bits per heavy atom. The molecule has 0 spiro atoms. The highest BCUT2D eigenvalue weighted by Gasteiger charge is 2.21. The van der Waals surface area contributed by atoms with Gasteiger partial charge >= 0.3 is 0 Å². The number of imidazole rings is 1. The third-order valence-corrected chi connectivity index (χ3v) is 5.89. The topological polar surface area (TPSA) is 38.6 Å². The Kier molecular flexibility index (Phi) is 6.07. The lowest BCUT2D eigenvalue weighted by Crippen LogP contribution is -2.07. The third kappa shape index (κ3) is 4.60. The number of anilines is 1. The van der Waals surface area contributed by atoms with Crippen molar-refractivity contribution in [3.05, 3.63) is 132 Å². The van der Waals surface area contributed by atoms with E-state index in [0.29, 0.717) is 6.61 Å². The minimum atomic E-state index is 0.131. The van der Waals surface area contributed by atoms with E-state index in [-0.39, 0.29) is 5.92 Å². The summed E-state index contributed by atoms with van der Waals surface area (Å²) in [6, 6.07) is 35.2. The monoisotopic (exact) mass is 433 g/mol. The van der Waals surface area contributed by atoms with Crippen molar-refractivity contribution in [2.75, 3.05) is 5.32 Å². The van der Waals surface area contributed by atoms with Crippen molar-refractivity contribution in [1.29, 1.82) is 0 Å². The molecule has 1 atom stereocenters. The molecule has 164 valence electrons. The number of ether oxygens (including phenoxy) is 1. The van der Waals surface area contributed by atoms with Gasteiger partial charge in [0.05, 0.1) is 5.69 Å². The van der Waals surface area contributed by atoms with E-state index >= 15 is 0 Å². The zero-order chi connectivity index (χ0) is 22.5. The molecule has 5 rings (SSSR count). The van der Waals surface area contributed by atoms with E-state index in [1.165, 1.54) is 11.1 Å². The van der Waals surface area contributed by atoms with Crippen LogP contribution < -0.4 is 10.1 Å². The molecular formula is C29H27N3O. The van der Waals surface area contributed by atoms with Crippen LogP contribution in [0.5, 0.6) is 5.75 Å². The number of nitrogens with zero attached hydrogens (tertiary/aromatic N) is 2. The van der Waals surface area contributed by atoms with Gasteiger partial charge in [0.25, 0.3) is 0 Å². The van der Waals surface area contributed by atoms with Gasteiger partial charge in [-0.2, -0.15) is 0 Å². The standard InChI is InChI=1S/C29H27N3O/c1-22(25-16-9-4-10-17-25)27-29(30-20-23-12-5-2-6-13-23)32-19-11-18-26(28(32)31-27)33-21-24-14-7-3-8-15-24/h2-19,22,30H,20-21H2,1H3. The van der Waals surface area contributed by atoms with E-state index in [4.69, 9.17) is 9.72 Å². The van der Waals surface area contributed by atoms with Crippen molar-refractivity contribution in [1.82, 2.24) is 9.38 Å². The molecule has 0 aliphatic rings. The van der Waals surface area contributed by atoms with E-state index in [0.717, 1.165) is 35.0 Å². The average Bonchev–Trinajstić information content (AvgIpc) is 3.26. The van der Waals surface area contributed by atoms with E-state index in [2.05, 4.69) is 77.3 Å². The predicted molar refractivity (Wildman–Crippen MR) is 134 cm³/mol. The molecular weight excluding hydrogens is 406 g/mol. The van der Waals surface area contributed by atoms with Gasteiger partial charge in [-0.15, -0.1) is 0 Å². The molecule has 0 fully saturated rings. The summed E-state index contributed by atoms with van der Waals surface area (Å²) in [5.41, 5.74) is 5.42. The van der Waals surface area contributed by atoms with Crippen LogP contribution in [0.3, 0.4) is 0 Å². The minimum absolute atomic E-state index is 0.131. The molecule has 0 saturated carbocycles. The smallest absolute Gasteiger partial charge is 0.181 e. The molecule has 0 bridgehead atoms. The van der Waals surface area contributed by atoms with E-state index in [9.17, 15) is 0 Å². The lowest BCUT2D eigenvalue weighted by Gasteiger charge is -2.14. The van der Waals surface area contributed by atoms with E-state index in [1.54, 1.807) is 0 Å². The third-order valence-electron chi connectivity index (χ3n) is 5.89. The van der Waals surface area contributed by atoms with E-state index in [1.807, 2.05) is 48.7 Å². The molecule has 4 nitrogen and oxygen atoms in total. The molecule has 1 unspecified atom stereocenters. The summed E-state index contributed by atoms with van der Waals surface area (Å²) >= 11 is 0. The largest absolute Gasteiger partial charge is 0.485 e. The van der Waals surface area contributed by atoms with Gasteiger partial charge in [-0.3, -0.25) is 4.40 Å². The molecule has 4 heteroatoms. The van der Waals surface area contributed by atoms with Crippen LogP contribution in [0, 0.1) is 0 Å². The van der Waals surface area contributed by atoms with Gasteiger partial charge in [0.1, 0.15) is 12.4 Å². The highest BCUT2D eigenvalue weighted by atomic mass is 16.5. The van der Waals surface area contributed by atoms with Crippen LogP contribution in [-0.4, -0.2) is 9.38 Å². The Morgan fingerprint density at radius 2 is 1.42 bits per heavy atom. The average molecular weight is 434 g/mol. The quantitative estimate of drug-likeness (QED) is 0.297. The molecule has 2 aromatic heterocycles. The van der Waals surface area contributed by atoms with Gasteiger partial charge in [0.15, 0.2) is 11.4 Å². The van der Waals surface area contributed by atoms with Gasteiger partial charge in [0, 0.05) is 18.7 Å². The lowest BCUT2D eigenvalue weighted by molar-refractivity contribution is 0.308. The number of hydrogen-bond acceptors (Lipinski definition) is 3. The Morgan fingerprint density at radius 3 is 2.12 bits per heavy atom. The number of rotatable bonds is 8. The number of aromatic nitrogens is 2. The number of nitrogens with one attached hydrogen (secondary N) is 1. The first-order chi connectivity index (χ1) is 16.3. The lowest BCUT2D eigenvalue weighted by atomic mass is 9.98. The zero-order valence-corrected chi connectivity index (χ0v) is 18.7. The predicted octanol–water partition coefficient (Wildman–Crippen LogP) is 6.68. The molecule has 5 aromatic rings. The molecule has 0 radical (unpaired) electrons. The molecule has 1 N–H and O–H groups in total. The van der Waals surface area contributed by atoms with Crippen molar-refractivity contribution >= 4 is 11.5 Å². The summed E-state index contributed by atoms with van der Waals surface area (Å²) < 4.78 is 8.32. The molecule has 0 aliphatic heterocycles. The zero-order valence-electron chi connectivity index (χ0n) is 18.7. The van der Waals surface area contributed by atoms with Crippen molar-refractivity contribution in [3.63, 3.8) is 0 Å². The Hall–Kier alpha value is -4.05. The number of fused-ring (bicyclic) bond motifs is 1. The van der Waals surface area contributed by atoms with Gasteiger partial charge < -0.3 is 10.1 Å². The Labute approximate surface area is 194 Å². The summed E-state index contributed by atoms with van der Waals surface area (Å²) in [6.07, 6.45) is 2.05. The second kappa shape index (κ2) is 9.61. The summed E-state index contributed by atoms with van der Waals surface area (Å²) in [5.74, 6) is 1.90. The highest BCUT2D eigenvalue weighted by Crippen LogP contribution is 2.33. The first-order valence-electron chi connectivity index (χ1n) is 11.3. The molecule has 2 heterocycles. The van der Waals surface area contributed by atoms with Crippen LogP contribution >= 0.6 is 0 Å². The second-order valence-corrected chi connectivity index (χ2v) is 8.16. The fourth-order valence-electron chi connectivity index (χ4n) is 4.07. The second-order valence-electron chi connectivity index (χ2n) is 8.16. The molecule has 0 saturated heterocycles. The maximum Gasteiger partial charge on any atom is 0.181 e. The molecule has 33 heavy (non-hydrogen) atoms. The van der Waals surface area contributed by atoms with Gasteiger partial charge in [-0.05, 0) is 28.8 Å². The van der Waals surface area contributed by atoms with Gasteiger partial charge in [-0.25, -0.2) is 4.98 Å². The van der Waals surface area contributed by atoms with Crippen molar-refractivity contribution in [3.8, 4) is 5.75 Å². The van der Waals surface area contributed by atoms with Crippen LogP contribution in [0.1, 0.15) is 35.2 Å². The normalized spacial score (nSPS) is 11.9. The molecule has 0 aliphatic carbocycles. The SMILES string of the molecule is CC(c1ccccc1)c1nc2c(OCc3ccccc3)cccn2c1NCc1ccccc1. The van der Waals surface area contributed by atoms with Crippen LogP contribution in [0.25, 0.3) is 5.65 Å². The fourth-order valence-corrected chi connectivity index (χ4v) is 4.07. The van der Waals surface area contributed by atoms with Crippen molar-refractivity contribution in [2.45, 2.75) is 26.0 Å². The van der Waals surface area contributed by atoms with Crippen LogP contribution in [0.15, 0.2) is 109 Å². The molecule has 0 amide bonds. The number of pyridine rings is 1. The van der Waals surface area contributed by atoms with Crippen molar-refractivity contribution in [2.24, 2.45) is 0 Å². The van der Waals surface area contributed by atoms with Crippen LogP contribution in [0.2, 0.25) is 0 Å².